The van der Waals surface area contributed by atoms with Crippen LogP contribution in [0.2, 0.25) is 0 Å². The van der Waals surface area contributed by atoms with E-state index in [1.54, 1.807) is 17.9 Å². The standard InChI is InChI=1S/C19H25N5O3/c1-13-4-5-17(25)24(22-13)10-18(26)23-8-6-16(7-9-23)11-27-19-14(2)15(3)20-12-21-19/h4-5,12,16H,6-11H2,1-3H3. The van der Waals surface area contributed by atoms with Crippen molar-refractivity contribution in [2.24, 2.45) is 5.92 Å². The number of nitrogens with zero attached hydrogens (tertiary/aromatic N) is 5. The van der Waals surface area contributed by atoms with Crippen molar-refractivity contribution in [3.63, 3.8) is 0 Å². The molecule has 1 aliphatic rings. The number of amides is 1. The van der Waals surface area contributed by atoms with Crippen molar-refractivity contribution in [1.82, 2.24) is 24.6 Å². The van der Waals surface area contributed by atoms with Crippen molar-refractivity contribution < 1.29 is 9.53 Å². The Bertz CT molecular complexity index is 872. The molecule has 1 saturated heterocycles. The molecule has 0 bridgehead atoms. The summed E-state index contributed by atoms with van der Waals surface area (Å²) in [5.74, 6) is 0.936. The van der Waals surface area contributed by atoms with E-state index in [0.29, 0.717) is 37.2 Å². The largest absolute Gasteiger partial charge is 0.477 e. The van der Waals surface area contributed by atoms with E-state index in [9.17, 15) is 9.59 Å². The Labute approximate surface area is 158 Å². The molecule has 0 N–H and O–H groups in total. The summed E-state index contributed by atoms with van der Waals surface area (Å²) in [6.45, 7) is 7.58. The first-order valence-electron chi connectivity index (χ1n) is 9.17. The molecule has 8 nitrogen and oxygen atoms in total. The van der Waals surface area contributed by atoms with Crippen LogP contribution in [0.3, 0.4) is 0 Å². The SMILES string of the molecule is Cc1ccc(=O)n(CC(=O)N2CCC(COc3ncnc(C)c3C)CC2)n1. The van der Waals surface area contributed by atoms with Crippen LogP contribution in [0.4, 0.5) is 0 Å². The molecule has 2 aromatic rings. The highest BCUT2D eigenvalue weighted by Gasteiger charge is 2.24. The molecule has 2 aromatic heterocycles. The van der Waals surface area contributed by atoms with Crippen molar-refractivity contribution >= 4 is 5.91 Å². The van der Waals surface area contributed by atoms with Gasteiger partial charge in [0.05, 0.1) is 12.3 Å². The summed E-state index contributed by atoms with van der Waals surface area (Å²) in [5.41, 5.74) is 2.34. The predicted octanol–water partition coefficient (Wildman–Crippen LogP) is 1.28. The molecule has 0 aromatic carbocycles. The Kier molecular flexibility index (Phi) is 5.83. The van der Waals surface area contributed by atoms with E-state index in [2.05, 4.69) is 15.1 Å². The average Bonchev–Trinajstić information content (AvgIpc) is 2.66. The van der Waals surface area contributed by atoms with E-state index in [1.807, 2.05) is 13.8 Å². The van der Waals surface area contributed by atoms with Crippen LogP contribution in [0, 0.1) is 26.7 Å². The van der Waals surface area contributed by atoms with Crippen molar-refractivity contribution in [1.29, 1.82) is 0 Å². The van der Waals surface area contributed by atoms with Gasteiger partial charge in [-0.25, -0.2) is 14.6 Å². The van der Waals surface area contributed by atoms with Crippen LogP contribution in [-0.4, -0.2) is 50.3 Å². The molecule has 3 rings (SSSR count). The number of hydrogen-bond acceptors (Lipinski definition) is 6. The monoisotopic (exact) mass is 371 g/mol. The topological polar surface area (TPSA) is 90.2 Å². The molecular weight excluding hydrogens is 346 g/mol. The third-order valence-electron chi connectivity index (χ3n) is 5.00. The van der Waals surface area contributed by atoms with Crippen LogP contribution in [0.15, 0.2) is 23.3 Å². The number of carbonyl (C=O) groups is 1. The predicted molar refractivity (Wildman–Crippen MR) is 99.5 cm³/mol. The normalized spacial score (nSPS) is 15.0. The molecule has 0 saturated carbocycles. The highest BCUT2D eigenvalue weighted by Crippen LogP contribution is 2.21. The van der Waals surface area contributed by atoms with Gasteiger partial charge >= 0.3 is 0 Å². The van der Waals surface area contributed by atoms with E-state index in [-0.39, 0.29) is 18.0 Å². The van der Waals surface area contributed by atoms with E-state index >= 15 is 0 Å². The van der Waals surface area contributed by atoms with Gasteiger partial charge in [-0.3, -0.25) is 9.59 Å². The number of hydrogen-bond donors (Lipinski definition) is 0. The average molecular weight is 371 g/mol. The number of rotatable bonds is 5. The van der Waals surface area contributed by atoms with Gasteiger partial charge in [0.1, 0.15) is 12.9 Å². The molecular formula is C19H25N5O3. The maximum atomic E-state index is 12.5. The summed E-state index contributed by atoms with van der Waals surface area (Å²) in [7, 11) is 0. The lowest BCUT2D eigenvalue weighted by Gasteiger charge is -2.32. The number of ether oxygens (including phenoxy) is 1. The van der Waals surface area contributed by atoms with Gasteiger partial charge < -0.3 is 9.64 Å². The third kappa shape index (κ3) is 4.69. The maximum Gasteiger partial charge on any atom is 0.267 e. The number of carbonyl (C=O) groups excluding carboxylic acids is 1. The van der Waals surface area contributed by atoms with Gasteiger partial charge in [0.15, 0.2) is 0 Å². The number of likely N-dealkylation sites (tertiary alicyclic amines) is 1. The molecule has 27 heavy (non-hydrogen) atoms. The van der Waals surface area contributed by atoms with Crippen molar-refractivity contribution in [2.45, 2.75) is 40.2 Å². The summed E-state index contributed by atoms with van der Waals surface area (Å²) in [4.78, 5) is 34.4. The molecule has 0 unspecified atom stereocenters. The van der Waals surface area contributed by atoms with Crippen molar-refractivity contribution in [2.75, 3.05) is 19.7 Å². The van der Waals surface area contributed by atoms with E-state index in [1.165, 1.54) is 17.1 Å². The Morgan fingerprint density at radius 1 is 1.19 bits per heavy atom. The minimum absolute atomic E-state index is 0.0128. The molecule has 8 heteroatoms. The lowest BCUT2D eigenvalue weighted by Crippen LogP contribution is -2.42. The lowest BCUT2D eigenvalue weighted by molar-refractivity contribution is -0.133. The van der Waals surface area contributed by atoms with Gasteiger partial charge in [0, 0.05) is 30.4 Å². The zero-order valence-corrected chi connectivity index (χ0v) is 16.0. The first kappa shape index (κ1) is 19.0. The number of aromatic nitrogens is 4. The Morgan fingerprint density at radius 2 is 1.93 bits per heavy atom. The minimum Gasteiger partial charge on any atom is -0.477 e. The zero-order valence-electron chi connectivity index (χ0n) is 16.0. The number of aryl methyl sites for hydroxylation is 2. The van der Waals surface area contributed by atoms with E-state index in [0.717, 1.165) is 24.1 Å². The van der Waals surface area contributed by atoms with E-state index in [4.69, 9.17) is 4.74 Å². The minimum atomic E-state index is -0.257. The van der Waals surface area contributed by atoms with Crippen LogP contribution in [-0.2, 0) is 11.3 Å². The second kappa shape index (κ2) is 8.28. The quantitative estimate of drug-likeness (QED) is 0.786. The summed E-state index contributed by atoms with van der Waals surface area (Å²) in [5, 5.41) is 4.13. The van der Waals surface area contributed by atoms with Crippen LogP contribution in [0.5, 0.6) is 5.88 Å². The second-order valence-electron chi connectivity index (χ2n) is 6.99. The summed E-state index contributed by atoms with van der Waals surface area (Å²) in [6.07, 6.45) is 3.25. The van der Waals surface area contributed by atoms with Crippen molar-refractivity contribution in [3.8, 4) is 5.88 Å². The van der Waals surface area contributed by atoms with E-state index < -0.39 is 0 Å². The van der Waals surface area contributed by atoms with Crippen LogP contribution < -0.4 is 10.3 Å². The van der Waals surface area contributed by atoms with Crippen LogP contribution in [0.1, 0.15) is 29.8 Å². The van der Waals surface area contributed by atoms with Gasteiger partial charge in [0.25, 0.3) is 5.56 Å². The molecule has 1 fully saturated rings. The van der Waals surface area contributed by atoms with Gasteiger partial charge in [0.2, 0.25) is 11.8 Å². The smallest absolute Gasteiger partial charge is 0.267 e. The summed E-state index contributed by atoms with van der Waals surface area (Å²) < 4.78 is 7.10. The Morgan fingerprint density at radius 3 is 2.67 bits per heavy atom. The maximum absolute atomic E-state index is 12.5. The molecule has 0 aliphatic carbocycles. The molecule has 0 spiro atoms. The first-order chi connectivity index (χ1) is 12.9. The Balaban J connectivity index is 1.49. The van der Waals surface area contributed by atoms with Crippen molar-refractivity contribution in [3.05, 3.63) is 45.8 Å². The molecule has 3 heterocycles. The molecule has 144 valence electrons. The van der Waals surface area contributed by atoms with Gasteiger partial charge in [-0.05, 0) is 45.6 Å². The lowest BCUT2D eigenvalue weighted by atomic mass is 9.98. The second-order valence-corrected chi connectivity index (χ2v) is 6.99. The highest BCUT2D eigenvalue weighted by molar-refractivity contribution is 5.75. The molecule has 1 amide bonds. The summed E-state index contributed by atoms with van der Waals surface area (Å²) in [6, 6.07) is 3.09. The first-order valence-corrected chi connectivity index (χ1v) is 9.17. The molecule has 1 aliphatic heterocycles. The summed E-state index contributed by atoms with van der Waals surface area (Å²) >= 11 is 0. The Hall–Kier alpha value is -2.77. The van der Waals surface area contributed by atoms with Crippen LogP contribution >= 0.6 is 0 Å². The van der Waals surface area contributed by atoms with Gasteiger partial charge in [-0.2, -0.15) is 5.10 Å². The number of piperidine rings is 1. The fourth-order valence-electron chi connectivity index (χ4n) is 3.10. The molecule has 0 atom stereocenters. The third-order valence-corrected chi connectivity index (χ3v) is 5.00. The molecule has 0 radical (unpaired) electrons. The van der Waals surface area contributed by atoms with Gasteiger partial charge in [-0.15, -0.1) is 0 Å². The zero-order chi connectivity index (χ0) is 19.4. The van der Waals surface area contributed by atoms with Gasteiger partial charge in [-0.1, -0.05) is 0 Å². The highest BCUT2D eigenvalue weighted by atomic mass is 16.5. The van der Waals surface area contributed by atoms with Crippen LogP contribution in [0.25, 0.3) is 0 Å². The fourth-order valence-corrected chi connectivity index (χ4v) is 3.10. The fraction of sp³-hybridized carbons (Fsp3) is 0.526.